The van der Waals surface area contributed by atoms with Gasteiger partial charge in [0.15, 0.2) is 0 Å². The van der Waals surface area contributed by atoms with Gasteiger partial charge in [-0.2, -0.15) is 0 Å². The molecule has 0 aromatic rings. The number of carbonyl (C=O) groups excluding carboxylic acids is 1. The van der Waals surface area contributed by atoms with Crippen LogP contribution >= 0.6 is 0 Å². The Labute approximate surface area is 86.2 Å². The molecule has 0 aromatic carbocycles. The van der Waals surface area contributed by atoms with Gasteiger partial charge in [-0.25, -0.2) is 0 Å². The zero-order valence-electron chi connectivity index (χ0n) is 9.12. The molecule has 80 valence electrons. The fourth-order valence-electron chi connectivity index (χ4n) is 1.85. The van der Waals surface area contributed by atoms with Crippen molar-refractivity contribution >= 4 is 5.91 Å². The topological polar surface area (TPSA) is 32.3 Å². The van der Waals surface area contributed by atoms with Crippen molar-refractivity contribution in [3.8, 4) is 0 Å². The minimum Gasteiger partial charge on any atom is -0.341 e. The van der Waals surface area contributed by atoms with Gasteiger partial charge in [-0.3, -0.25) is 4.79 Å². The molecule has 14 heavy (non-hydrogen) atoms. The summed E-state index contributed by atoms with van der Waals surface area (Å²) >= 11 is 0. The molecule has 0 aliphatic carbocycles. The molecule has 1 saturated heterocycles. The van der Waals surface area contributed by atoms with Crippen LogP contribution in [0.2, 0.25) is 0 Å². The molecule has 1 heterocycles. The first-order chi connectivity index (χ1) is 6.65. The van der Waals surface area contributed by atoms with Gasteiger partial charge in [-0.1, -0.05) is 13.0 Å². The van der Waals surface area contributed by atoms with Crippen LogP contribution in [0, 0.1) is 5.92 Å². The van der Waals surface area contributed by atoms with E-state index in [1.807, 2.05) is 7.05 Å². The number of hydrogen-bond donors (Lipinski definition) is 1. The summed E-state index contributed by atoms with van der Waals surface area (Å²) in [5.41, 5.74) is 0. The van der Waals surface area contributed by atoms with Gasteiger partial charge in [0.2, 0.25) is 5.91 Å². The predicted octanol–water partition coefficient (Wildman–Crippen LogP) is 1.02. The maximum atomic E-state index is 11.8. The van der Waals surface area contributed by atoms with E-state index in [1.54, 1.807) is 11.0 Å². The molecule has 2 unspecified atom stereocenters. The highest BCUT2D eigenvalue weighted by Crippen LogP contribution is 2.16. The lowest BCUT2D eigenvalue weighted by molar-refractivity contribution is -0.132. The SMILES string of the molecule is C=CCN(C)C(=O)C1CC(C)CCN1. The predicted molar refractivity (Wildman–Crippen MR) is 58.0 cm³/mol. The summed E-state index contributed by atoms with van der Waals surface area (Å²) in [6.45, 7) is 7.42. The van der Waals surface area contributed by atoms with Crippen molar-refractivity contribution in [1.29, 1.82) is 0 Å². The number of rotatable bonds is 3. The number of amides is 1. The van der Waals surface area contributed by atoms with Gasteiger partial charge in [-0.15, -0.1) is 6.58 Å². The average molecular weight is 196 g/mol. The van der Waals surface area contributed by atoms with Crippen molar-refractivity contribution in [2.24, 2.45) is 5.92 Å². The van der Waals surface area contributed by atoms with E-state index in [4.69, 9.17) is 0 Å². The van der Waals surface area contributed by atoms with E-state index in [0.29, 0.717) is 12.5 Å². The Morgan fingerprint density at radius 1 is 1.71 bits per heavy atom. The normalized spacial score (nSPS) is 27.0. The van der Waals surface area contributed by atoms with E-state index in [9.17, 15) is 4.79 Å². The molecule has 1 amide bonds. The Balaban J connectivity index is 2.46. The van der Waals surface area contributed by atoms with Gasteiger partial charge >= 0.3 is 0 Å². The molecular weight excluding hydrogens is 176 g/mol. The number of piperidine rings is 1. The molecule has 0 bridgehead atoms. The molecule has 0 radical (unpaired) electrons. The van der Waals surface area contributed by atoms with E-state index in [0.717, 1.165) is 13.0 Å². The van der Waals surface area contributed by atoms with E-state index in [-0.39, 0.29) is 11.9 Å². The number of nitrogens with zero attached hydrogens (tertiary/aromatic N) is 1. The Bertz CT molecular complexity index is 215. The third-order valence-electron chi connectivity index (χ3n) is 2.74. The van der Waals surface area contributed by atoms with Crippen molar-refractivity contribution in [2.45, 2.75) is 25.8 Å². The van der Waals surface area contributed by atoms with Gasteiger partial charge in [0, 0.05) is 13.6 Å². The standard InChI is InChI=1S/C11H20N2O/c1-4-7-13(3)11(14)10-8-9(2)5-6-12-10/h4,9-10,12H,1,5-8H2,2-3H3. The third kappa shape index (κ3) is 2.84. The fourth-order valence-corrected chi connectivity index (χ4v) is 1.85. The molecule has 2 atom stereocenters. The summed E-state index contributed by atoms with van der Waals surface area (Å²) in [5.74, 6) is 0.846. The van der Waals surface area contributed by atoms with E-state index < -0.39 is 0 Å². The molecule has 3 heteroatoms. The highest BCUT2D eigenvalue weighted by Gasteiger charge is 2.26. The molecule has 1 N–H and O–H groups in total. The Morgan fingerprint density at radius 2 is 2.43 bits per heavy atom. The first kappa shape index (κ1) is 11.2. The number of nitrogens with one attached hydrogen (secondary N) is 1. The zero-order chi connectivity index (χ0) is 10.6. The molecule has 1 rings (SSSR count). The van der Waals surface area contributed by atoms with Crippen LogP contribution in [0.3, 0.4) is 0 Å². The summed E-state index contributed by atoms with van der Waals surface area (Å²) in [4.78, 5) is 13.6. The number of likely N-dealkylation sites (N-methyl/N-ethyl adjacent to an activating group) is 1. The second-order valence-electron chi connectivity index (χ2n) is 4.14. The van der Waals surface area contributed by atoms with Crippen LogP contribution in [0.4, 0.5) is 0 Å². The van der Waals surface area contributed by atoms with E-state index >= 15 is 0 Å². The molecule has 3 nitrogen and oxygen atoms in total. The van der Waals surface area contributed by atoms with Crippen LogP contribution in [0.15, 0.2) is 12.7 Å². The highest BCUT2D eigenvalue weighted by molar-refractivity contribution is 5.81. The van der Waals surface area contributed by atoms with Crippen LogP contribution in [0.25, 0.3) is 0 Å². The maximum Gasteiger partial charge on any atom is 0.239 e. The zero-order valence-corrected chi connectivity index (χ0v) is 9.12. The lowest BCUT2D eigenvalue weighted by Crippen LogP contribution is -2.48. The Kier molecular flexibility index (Phi) is 4.14. The molecule has 1 fully saturated rings. The summed E-state index contributed by atoms with van der Waals surface area (Å²) in [6, 6.07) is 0.0173. The highest BCUT2D eigenvalue weighted by atomic mass is 16.2. The van der Waals surface area contributed by atoms with Gasteiger partial charge in [-0.05, 0) is 25.3 Å². The lowest BCUT2D eigenvalue weighted by Gasteiger charge is -2.30. The van der Waals surface area contributed by atoms with Gasteiger partial charge in [0.1, 0.15) is 0 Å². The second-order valence-corrected chi connectivity index (χ2v) is 4.14. The number of hydrogen-bond acceptors (Lipinski definition) is 2. The molecule has 0 saturated carbocycles. The van der Waals surface area contributed by atoms with Crippen LogP contribution in [-0.2, 0) is 4.79 Å². The average Bonchev–Trinajstić information content (AvgIpc) is 2.17. The Hall–Kier alpha value is -0.830. The second kappa shape index (κ2) is 5.15. The minimum atomic E-state index is 0.0173. The van der Waals surface area contributed by atoms with Crippen molar-refractivity contribution < 1.29 is 4.79 Å². The molecule has 0 aromatic heterocycles. The first-order valence-corrected chi connectivity index (χ1v) is 5.24. The molecule has 0 spiro atoms. The summed E-state index contributed by atoms with van der Waals surface area (Å²) < 4.78 is 0. The molecular formula is C11H20N2O. The quantitative estimate of drug-likeness (QED) is 0.683. The smallest absolute Gasteiger partial charge is 0.239 e. The minimum absolute atomic E-state index is 0.0173. The number of carbonyl (C=O) groups is 1. The van der Waals surface area contributed by atoms with Crippen molar-refractivity contribution in [2.75, 3.05) is 20.1 Å². The van der Waals surface area contributed by atoms with E-state index in [1.165, 1.54) is 6.42 Å². The first-order valence-electron chi connectivity index (χ1n) is 5.24. The van der Waals surface area contributed by atoms with Crippen LogP contribution in [-0.4, -0.2) is 37.0 Å². The van der Waals surface area contributed by atoms with Crippen molar-refractivity contribution in [3.63, 3.8) is 0 Å². The van der Waals surface area contributed by atoms with Gasteiger partial charge in [0.05, 0.1) is 6.04 Å². The summed E-state index contributed by atoms with van der Waals surface area (Å²) in [7, 11) is 1.82. The molecule has 1 aliphatic heterocycles. The van der Waals surface area contributed by atoms with Crippen LogP contribution < -0.4 is 5.32 Å². The van der Waals surface area contributed by atoms with Crippen LogP contribution in [0.5, 0.6) is 0 Å². The van der Waals surface area contributed by atoms with Gasteiger partial charge < -0.3 is 10.2 Å². The third-order valence-corrected chi connectivity index (χ3v) is 2.74. The summed E-state index contributed by atoms with van der Waals surface area (Å²) in [5, 5.41) is 3.26. The largest absolute Gasteiger partial charge is 0.341 e. The fraction of sp³-hybridized carbons (Fsp3) is 0.727. The van der Waals surface area contributed by atoms with Crippen molar-refractivity contribution in [1.82, 2.24) is 10.2 Å². The maximum absolute atomic E-state index is 11.8. The lowest BCUT2D eigenvalue weighted by atomic mass is 9.93. The monoisotopic (exact) mass is 196 g/mol. The molecule has 1 aliphatic rings. The van der Waals surface area contributed by atoms with E-state index in [2.05, 4.69) is 18.8 Å². The van der Waals surface area contributed by atoms with Crippen LogP contribution in [0.1, 0.15) is 19.8 Å². The summed E-state index contributed by atoms with van der Waals surface area (Å²) in [6.07, 6.45) is 3.89. The van der Waals surface area contributed by atoms with Crippen molar-refractivity contribution in [3.05, 3.63) is 12.7 Å². The Morgan fingerprint density at radius 3 is 3.00 bits per heavy atom. The van der Waals surface area contributed by atoms with Gasteiger partial charge in [0.25, 0.3) is 0 Å².